The molecule has 0 amide bonds. The van der Waals surface area contributed by atoms with Gasteiger partial charge in [-0.2, -0.15) is 0 Å². The molecule has 0 atom stereocenters. The van der Waals surface area contributed by atoms with Gasteiger partial charge in [0.25, 0.3) is 0 Å². The van der Waals surface area contributed by atoms with Gasteiger partial charge in [-0.05, 0) is 41.6 Å². The van der Waals surface area contributed by atoms with E-state index in [0.29, 0.717) is 0 Å². The van der Waals surface area contributed by atoms with Crippen LogP contribution in [0.5, 0.6) is 0 Å². The lowest BCUT2D eigenvalue weighted by Crippen LogP contribution is -1.98. The van der Waals surface area contributed by atoms with Gasteiger partial charge in [-0.1, -0.05) is 18.2 Å². The van der Waals surface area contributed by atoms with Gasteiger partial charge in [0, 0.05) is 17.3 Å². The predicted octanol–water partition coefficient (Wildman–Crippen LogP) is 3.68. The number of pyridine rings is 1. The van der Waals surface area contributed by atoms with Crippen molar-refractivity contribution in [2.45, 2.75) is 6.92 Å². The van der Waals surface area contributed by atoms with E-state index in [0.717, 1.165) is 31.7 Å². The summed E-state index contributed by atoms with van der Waals surface area (Å²) in [4.78, 5) is 12.8. The first-order valence-corrected chi connectivity index (χ1v) is 6.91. The van der Waals surface area contributed by atoms with Gasteiger partial charge < -0.3 is 5.32 Å². The molecule has 94 valence electrons. The largest absolute Gasteiger partial charge is 0.337 e. The van der Waals surface area contributed by atoms with Crippen molar-refractivity contribution in [3.63, 3.8) is 0 Å². The minimum atomic E-state index is 0.798. The first-order chi connectivity index (χ1) is 9.24. The highest BCUT2D eigenvalue weighted by Crippen LogP contribution is 2.26. The van der Waals surface area contributed by atoms with Crippen LogP contribution in [0.4, 0.5) is 11.5 Å². The molecule has 3 aromatic rings. The lowest BCUT2D eigenvalue weighted by molar-refractivity contribution is 1.15. The Kier molecular flexibility index (Phi) is 3.29. The molecule has 4 nitrogen and oxygen atoms in total. The number of halogens is 1. The number of aromatic nitrogens is 3. The third kappa shape index (κ3) is 2.51. The van der Waals surface area contributed by atoms with E-state index in [2.05, 4.69) is 55.0 Å². The lowest BCUT2D eigenvalue weighted by atomic mass is 10.1. The zero-order chi connectivity index (χ0) is 13.2. The molecule has 0 saturated carbocycles. The monoisotopic (exact) mass is 362 g/mol. The van der Waals surface area contributed by atoms with Gasteiger partial charge in [-0.15, -0.1) is 0 Å². The molecule has 0 radical (unpaired) electrons. The molecule has 0 unspecified atom stereocenters. The third-order valence-corrected chi connectivity index (χ3v) is 3.57. The Morgan fingerprint density at radius 1 is 1.16 bits per heavy atom. The fraction of sp³-hybridized carbons (Fsp3) is 0.0714. The van der Waals surface area contributed by atoms with Gasteiger partial charge in [0.05, 0.1) is 14.8 Å². The Morgan fingerprint density at radius 3 is 2.89 bits per heavy atom. The van der Waals surface area contributed by atoms with Crippen molar-refractivity contribution in [2.24, 2.45) is 0 Å². The number of nitrogens with one attached hydrogen (secondary N) is 1. The van der Waals surface area contributed by atoms with Crippen LogP contribution in [0.15, 0.2) is 42.9 Å². The molecule has 1 aromatic carbocycles. The van der Waals surface area contributed by atoms with Crippen molar-refractivity contribution in [3.8, 4) is 0 Å². The van der Waals surface area contributed by atoms with Gasteiger partial charge in [-0.3, -0.25) is 4.98 Å². The second-order valence-electron chi connectivity index (χ2n) is 4.17. The average molecular weight is 362 g/mol. The summed E-state index contributed by atoms with van der Waals surface area (Å²) in [5, 5.41) is 4.43. The number of anilines is 2. The van der Waals surface area contributed by atoms with Crippen LogP contribution in [-0.4, -0.2) is 15.0 Å². The van der Waals surface area contributed by atoms with Gasteiger partial charge in [-0.25, -0.2) is 9.97 Å². The Bertz CT molecular complexity index is 742. The van der Waals surface area contributed by atoms with Crippen LogP contribution in [0.2, 0.25) is 0 Å². The number of fused-ring (bicyclic) bond motifs is 1. The molecular weight excluding hydrogens is 351 g/mol. The van der Waals surface area contributed by atoms with E-state index < -0.39 is 0 Å². The smallest absolute Gasteiger partial charge is 0.147 e. The van der Waals surface area contributed by atoms with Gasteiger partial charge >= 0.3 is 0 Å². The molecule has 5 heteroatoms. The number of benzene rings is 1. The van der Waals surface area contributed by atoms with Crippen molar-refractivity contribution in [3.05, 3.63) is 52.1 Å². The zero-order valence-corrected chi connectivity index (χ0v) is 12.4. The molecule has 3 rings (SSSR count). The van der Waals surface area contributed by atoms with Crippen LogP contribution in [0.3, 0.4) is 0 Å². The molecule has 0 fully saturated rings. The highest BCUT2D eigenvalue weighted by atomic mass is 127. The first-order valence-electron chi connectivity index (χ1n) is 5.83. The van der Waals surface area contributed by atoms with Crippen molar-refractivity contribution in [1.29, 1.82) is 0 Å². The fourth-order valence-electron chi connectivity index (χ4n) is 1.88. The SMILES string of the molecule is Cc1ccc2cccc(Nc3ncncc3I)c2n1. The van der Waals surface area contributed by atoms with Gasteiger partial charge in [0.1, 0.15) is 12.1 Å². The number of nitrogens with zero attached hydrogens (tertiary/aromatic N) is 3. The number of rotatable bonds is 2. The summed E-state index contributed by atoms with van der Waals surface area (Å²) in [5.41, 5.74) is 2.91. The molecule has 0 aliphatic rings. The van der Waals surface area contributed by atoms with Crippen LogP contribution in [0, 0.1) is 10.5 Å². The molecular formula is C14H11IN4. The summed E-state index contributed by atoms with van der Waals surface area (Å²) in [6.45, 7) is 1.99. The summed E-state index contributed by atoms with van der Waals surface area (Å²) in [5.74, 6) is 0.798. The highest BCUT2D eigenvalue weighted by molar-refractivity contribution is 14.1. The quantitative estimate of drug-likeness (QED) is 0.707. The maximum absolute atomic E-state index is 4.59. The minimum absolute atomic E-state index is 0.798. The van der Waals surface area contributed by atoms with Crippen LogP contribution in [-0.2, 0) is 0 Å². The summed E-state index contributed by atoms with van der Waals surface area (Å²) in [6.07, 6.45) is 3.31. The maximum Gasteiger partial charge on any atom is 0.147 e. The van der Waals surface area contributed by atoms with Crippen LogP contribution < -0.4 is 5.32 Å². The van der Waals surface area contributed by atoms with E-state index in [1.807, 2.05) is 25.1 Å². The second kappa shape index (κ2) is 5.08. The molecule has 0 spiro atoms. The van der Waals surface area contributed by atoms with Gasteiger partial charge in [0.2, 0.25) is 0 Å². The summed E-state index contributed by atoms with van der Waals surface area (Å²) < 4.78 is 0.977. The molecule has 2 heterocycles. The summed E-state index contributed by atoms with van der Waals surface area (Å²) in [7, 11) is 0. The Balaban J connectivity index is 2.10. The third-order valence-electron chi connectivity index (χ3n) is 2.78. The van der Waals surface area contributed by atoms with Crippen LogP contribution in [0.1, 0.15) is 5.69 Å². The number of hydrogen-bond donors (Lipinski definition) is 1. The second-order valence-corrected chi connectivity index (χ2v) is 5.34. The van der Waals surface area contributed by atoms with E-state index in [9.17, 15) is 0 Å². The van der Waals surface area contributed by atoms with E-state index in [4.69, 9.17) is 0 Å². The number of para-hydroxylation sites is 1. The van der Waals surface area contributed by atoms with Crippen molar-refractivity contribution in [1.82, 2.24) is 15.0 Å². The normalized spacial score (nSPS) is 10.6. The fourth-order valence-corrected chi connectivity index (χ4v) is 2.31. The number of aryl methyl sites for hydroxylation is 1. The zero-order valence-electron chi connectivity index (χ0n) is 10.3. The maximum atomic E-state index is 4.59. The molecule has 1 N–H and O–H groups in total. The molecule has 19 heavy (non-hydrogen) atoms. The van der Waals surface area contributed by atoms with Crippen LogP contribution >= 0.6 is 22.6 Å². The van der Waals surface area contributed by atoms with Gasteiger partial charge in [0.15, 0.2) is 0 Å². The van der Waals surface area contributed by atoms with Crippen molar-refractivity contribution in [2.75, 3.05) is 5.32 Å². The van der Waals surface area contributed by atoms with E-state index in [1.54, 1.807) is 6.20 Å². The molecule has 2 aromatic heterocycles. The average Bonchev–Trinajstić information content (AvgIpc) is 2.42. The number of hydrogen-bond acceptors (Lipinski definition) is 4. The summed E-state index contributed by atoms with van der Waals surface area (Å²) in [6, 6.07) is 10.2. The standard InChI is InChI=1S/C14H11IN4/c1-9-5-6-10-3-2-4-12(13(10)18-9)19-14-11(15)7-16-8-17-14/h2-8H,1H3,(H,16,17,19). The molecule has 0 saturated heterocycles. The summed E-state index contributed by atoms with van der Waals surface area (Å²) >= 11 is 2.21. The highest BCUT2D eigenvalue weighted by Gasteiger charge is 2.06. The topological polar surface area (TPSA) is 50.7 Å². The van der Waals surface area contributed by atoms with E-state index >= 15 is 0 Å². The van der Waals surface area contributed by atoms with E-state index in [1.165, 1.54) is 6.33 Å². The Labute approximate surface area is 124 Å². The minimum Gasteiger partial charge on any atom is -0.337 e. The Morgan fingerprint density at radius 2 is 2.05 bits per heavy atom. The van der Waals surface area contributed by atoms with Crippen molar-refractivity contribution >= 4 is 45.0 Å². The molecule has 0 aliphatic carbocycles. The lowest BCUT2D eigenvalue weighted by Gasteiger charge is -2.09. The Hall–Kier alpha value is -1.76. The molecule has 0 aliphatic heterocycles. The van der Waals surface area contributed by atoms with Crippen molar-refractivity contribution < 1.29 is 0 Å². The molecule has 0 bridgehead atoms. The van der Waals surface area contributed by atoms with Crippen LogP contribution in [0.25, 0.3) is 10.9 Å². The predicted molar refractivity (Wildman–Crippen MR) is 84.5 cm³/mol. The van der Waals surface area contributed by atoms with E-state index in [-0.39, 0.29) is 0 Å². The first kappa shape index (κ1) is 12.3.